The first-order valence-corrected chi connectivity index (χ1v) is 9.06. The Bertz CT molecular complexity index is 1040. The van der Waals surface area contributed by atoms with E-state index in [1.807, 2.05) is 0 Å². The maximum absolute atomic E-state index is 12.6. The van der Waals surface area contributed by atoms with Gasteiger partial charge in [0.1, 0.15) is 10.6 Å². The monoisotopic (exact) mass is 370 g/mol. The van der Waals surface area contributed by atoms with Crippen LogP contribution in [0.3, 0.4) is 0 Å². The molecule has 0 radical (unpaired) electrons. The molecule has 2 aromatic carbocycles. The van der Waals surface area contributed by atoms with E-state index in [9.17, 15) is 13.2 Å². The summed E-state index contributed by atoms with van der Waals surface area (Å²) in [4.78, 5) is 13.7. The van der Waals surface area contributed by atoms with E-state index in [1.54, 1.807) is 24.3 Å². The van der Waals surface area contributed by atoms with Crippen LogP contribution in [-0.2, 0) is 10.0 Å². The largest absolute Gasteiger partial charge is 0.495 e. The summed E-state index contributed by atoms with van der Waals surface area (Å²) in [6.45, 7) is 0. The Labute approximate surface area is 140 Å². The van der Waals surface area contributed by atoms with Crippen molar-refractivity contribution in [2.24, 2.45) is 0 Å². The Morgan fingerprint density at radius 2 is 2.00 bits per heavy atom. The first-order chi connectivity index (χ1) is 10.9. The summed E-state index contributed by atoms with van der Waals surface area (Å²) in [5.41, 5.74) is 0.998. The van der Waals surface area contributed by atoms with Crippen LogP contribution < -0.4 is 14.3 Å². The first-order valence-electron chi connectivity index (χ1n) is 6.38. The molecule has 0 spiro atoms. The van der Waals surface area contributed by atoms with Crippen LogP contribution in [0.4, 0.5) is 5.69 Å². The molecule has 0 saturated carbocycles. The Morgan fingerprint density at radius 3 is 2.74 bits per heavy atom. The van der Waals surface area contributed by atoms with Crippen molar-refractivity contribution in [3.8, 4) is 5.75 Å². The molecular formula is C14H11ClN2O4S2. The number of anilines is 1. The fourth-order valence-corrected chi connectivity index (χ4v) is 4.34. The quantitative estimate of drug-likeness (QED) is 0.738. The number of H-pyrrole nitrogens is 1. The van der Waals surface area contributed by atoms with E-state index >= 15 is 0 Å². The summed E-state index contributed by atoms with van der Waals surface area (Å²) < 4.78 is 33.3. The van der Waals surface area contributed by atoms with Crippen LogP contribution in [0.5, 0.6) is 5.75 Å². The van der Waals surface area contributed by atoms with Crippen molar-refractivity contribution >= 4 is 48.9 Å². The van der Waals surface area contributed by atoms with E-state index in [1.165, 1.54) is 19.2 Å². The van der Waals surface area contributed by atoms with Crippen LogP contribution in [0.2, 0.25) is 5.02 Å². The van der Waals surface area contributed by atoms with Crippen molar-refractivity contribution in [2.45, 2.75) is 4.90 Å². The van der Waals surface area contributed by atoms with Gasteiger partial charge >= 0.3 is 4.87 Å². The van der Waals surface area contributed by atoms with Crippen molar-refractivity contribution in [3.05, 3.63) is 51.1 Å². The molecule has 9 heteroatoms. The number of aromatic nitrogens is 1. The predicted molar refractivity (Wildman–Crippen MR) is 91.3 cm³/mol. The van der Waals surface area contributed by atoms with Gasteiger partial charge in [-0.05, 0) is 36.4 Å². The van der Waals surface area contributed by atoms with Gasteiger partial charge in [-0.3, -0.25) is 9.52 Å². The molecule has 0 aliphatic carbocycles. The number of sulfonamides is 1. The minimum atomic E-state index is -3.88. The molecule has 0 fully saturated rings. The van der Waals surface area contributed by atoms with Crippen molar-refractivity contribution < 1.29 is 13.2 Å². The van der Waals surface area contributed by atoms with Crippen LogP contribution >= 0.6 is 22.9 Å². The fourth-order valence-electron chi connectivity index (χ4n) is 2.08. The topological polar surface area (TPSA) is 88.3 Å². The number of benzene rings is 2. The lowest BCUT2D eigenvalue weighted by Crippen LogP contribution is -2.14. The highest BCUT2D eigenvalue weighted by molar-refractivity contribution is 7.92. The van der Waals surface area contributed by atoms with Gasteiger partial charge in [0.25, 0.3) is 10.0 Å². The maximum atomic E-state index is 12.6. The zero-order valence-corrected chi connectivity index (χ0v) is 14.2. The van der Waals surface area contributed by atoms with Crippen molar-refractivity contribution in [1.29, 1.82) is 0 Å². The third kappa shape index (κ3) is 3.19. The van der Waals surface area contributed by atoms with E-state index < -0.39 is 10.0 Å². The Hall–Kier alpha value is -2.03. The number of fused-ring (bicyclic) bond motifs is 1. The summed E-state index contributed by atoms with van der Waals surface area (Å²) in [6.07, 6.45) is 0. The molecule has 0 saturated heterocycles. The van der Waals surface area contributed by atoms with Crippen molar-refractivity contribution in [2.75, 3.05) is 11.8 Å². The predicted octanol–water partition coefficient (Wildman–Crippen LogP) is 3.05. The van der Waals surface area contributed by atoms with Crippen LogP contribution in [0.1, 0.15) is 0 Å². The molecule has 3 aromatic rings. The van der Waals surface area contributed by atoms with Gasteiger partial charge in [-0.1, -0.05) is 22.9 Å². The molecule has 6 nitrogen and oxygen atoms in total. The van der Waals surface area contributed by atoms with Crippen LogP contribution in [0, 0.1) is 0 Å². The molecule has 0 aliphatic rings. The Balaban J connectivity index is 2.02. The molecule has 0 atom stereocenters. The maximum Gasteiger partial charge on any atom is 0.305 e. The number of nitrogens with one attached hydrogen (secondary N) is 2. The number of hydrogen-bond donors (Lipinski definition) is 2. The second kappa shape index (κ2) is 5.88. The Morgan fingerprint density at radius 1 is 1.22 bits per heavy atom. The molecule has 0 bridgehead atoms. The first kappa shape index (κ1) is 15.9. The molecular weight excluding hydrogens is 360 g/mol. The Kier molecular flexibility index (Phi) is 4.05. The minimum Gasteiger partial charge on any atom is -0.495 e. The van der Waals surface area contributed by atoms with Gasteiger partial charge in [-0.2, -0.15) is 0 Å². The molecule has 0 unspecified atom stereocenters. The van der Waals surface area contributed by atoms with Crippen molar-refractivity contribution in [3.63, 3.8) is 0 Å². The van der Waals surface area contributed by atoms with Crippen LogP contribution in [-0.4, -0.2) is 20.5 Å². The second-order valence-corrected chi connectivity index (χ2v) is 7.73. The fraction of sp³-hybridized carbons (Fsp3) is 0.0714. The standard InChI is InChI=1S/C14H11ClN2O4S2/c1-21-11-5-2-8(15)6-13(11)23(19,20)17-9-3-4-10-12(7-9)22-14(18)16-10/h2-7,17H,1H3,(H,16,18). The van der Waals surface area contributed by atoms with Crippen LogP contribution in [0.15, 0.2) is 46.1 Å². The smallest absolute Gasteiger partial charge is 0.305 e. The molecule has 0 amide bonds. The average Bonchev–Trinajstić information content (AvgIpc) is 2.86. The van der Waals surface area contributed by atoms with Gasteiger partial charge in [0.2, 0.25) is 0 Å². The third-order valence-electron chi connectivity index (χ3n) is 3.09. The highest BCUT2D eigenvalue weighted by Gasteiger charge is 2.20. The van der Waals surface area contributed by atoms with Gasteiger partial charge in [0.05, 0.1) is 23.0 Å². The van der Waals surface area contributed by atoms with Gasteiger partial charge in [0.15, 0.2) is 0 Å². The second-order valence-electron chi connectivity index (χ2n) is 4.63. The summed E-state index contributed by atoms with van der Waals surface area (Å²) in [5.74, 6) is 0.189. The van der Waals surface area contributed by atoms with E-state index in [4.69, 9.17) is 16.3 Å². The van der Waals surface area contributed by atoms with E-state index in [2.05, 4.69) is 9.71 Å². The lowest BCUT2D eigenvalue weighted by Gasteiger charge is -2.12. The van der Waals surface area contributed by atoms with Gasteiger partial charge in [-0.25, -0.2) is 8.42 Å². The summed E-state index contributed by atoms with van der Waals surface area (Å²) in [5, 5.41) is 0.283. The van der Waals surface area contributed by atoms with Gasteiger partial charge in [-0.15, -0.1) is 0 Å². The van der Waals surface area contributed by atoms with E-state index in [0.717, 1.165) is 11.3 Å². The average molecular weight is 371 g/mol. The number of methoxy groups -OCH3 is 1. The summed E-state index contributed by atoms with van der Waals surface area (Å²) >= 11 is 6.89. The molecule has 120 valence electrons. The molecule has 2 N–H and O–H groups in total. The molecule has 3 rings (SSSR count). The van der Waals surface area contributed by atoms with E-state index in [0.29, 0.717) is 15.9 Å². The number of ether oxygens (including phenoxy) is 1. The van der Waals surface area contributed by atoms with Gasteiger partial charge in [0, 0.05) is 5.02 Å². The number of thiazole rings is 1. The van der Waals surface area contributed by atoms with Crippen LogP contribution in [0.25, 0.3) is 10.2 Å². The lowest BCUT2D eigenvalue weighted by atomic mass is 10.3. The number of hydrogen-bond acceptors (Lipinski definition) is 5. The SMILES string of the molecule is COc1ccc(Cl)cc1S(=O)(=O)Nc1ccc2[nH]c(=O)sc2c1. The molecule has 0 aliphatic heterocycles. The zero-order valence-electron chi connectivity index (χ0n) is 11.8. The van der Waals surface area contributed by atoms with E-state index in [-0.39, 0.29) is 20.5 Å². The molecule has 1 aromatic heterocycles. The lowest BCUT2D eigenvalue weighted by molar-refractivity contribution is 0.403. The summed E-state index contributed by atoms with van der Waals surface area (Å²) in [6, 6.07) is 9.14. The number of halogens is 1. The minimum absolute atomic E-state index is 0.0603. The highest BCUT2D eigenvalue weighted by atomic mass is 35.5. The number of aromatic amines is 1. The van der Waals surface area contributed by atoms with Gasteiger partial charge < -0.3 is 9.72 Å². The normalized spacial score (nSPS) is 11.6. The third-order valence-corrected chi connectivity index (χ3v) is 5.57. The number of rotatable bonds is 4. The summed E-state index contributed by atoms with van der Waals surface area (Å²) in [7, 11) is -2.50. The van der Waals surface area contributed by atoms with Crippen molar-refractivity contribution in [1.82, 2.24) is 4.98 Å². The molecule has 1 heterocycles. The zero-order chi connectivity index (χ0) is 16.6. The highest BCUT2D eigenvalue weighted by Crippen LogP contribution is 2.29. The molecule has 23 heavy (non-hydrogen) atoms.